The quantitative estimate of drug-likeness (QED) is 0.847. The van der Waals surface area contributed by atoms with E-state index in [-0.39, 0.29) is 24.1 Å². The Labute approximate surface area is 136 Å². The van der Waals surface area contributed by atoms with Crippen LogP contribution in [0.5, 0.6) is 5.88 Å². The van der Waals surface area contributed by atoms with Gasteiger partial charge in [0.05, 0.1) is 25.8 Å². The maximum Gasteiger partial charge on any atom is 0.352 e. The number of rotatable bonds is 3. The molecule has 1 fully saturated rings. The number of morpholine rings is 1. The molecule has 6 nitrogen and oxygen atoms in total. The van der Waals surface area contributed by atoms with Crippen LogP contribution in [0.25, 0.3) is 0 Å². The number of hydrogen-bond donors (Lipinski definition) is 0. The molecule has 0 saturated carbocycles. The summed E-state index contributed by atoms with van der Waals surface area (Å²) in [5.41, 5.74) is -0.209. The molecule has 1 saturated heterocycles. The molecule has 3 heterocycles. The first-order chi connectivity index (χ1) is 11.6. The van der Waals surface area contributed by atoms with Gasteiger partial charge < -0.3 is 14.4 Å². The van der Waals surface area contributed by atoms with Crippen molar-refractivity contribution in [1.29, 1.82) is 0 Å². The zero-order valence-corrected chi connectivity index (χ0v) is 12.7. The normalized spacial score (nSPS) is 19.1. The highest BCUT2D eigenvalue weighted by molar-refractivity contribution is 5.47. The van der Waals surface area contributed by atoms with Crippen molar-refractivity contribution >= 4 is 5.82 Å². The molecule has 0 aliphatic carbocycles. The lowest BCUT2D eigenvalue weighted by Crippen LogP contribution is -2.43. The van der Waals surface area contributed by atoms with E-state index in [1.807, 2.05) is 0 Å². The summed E-state index contributed by atoms with van der Waals surface area (Å²) < 4.78 is 39.0. The van der Waals surface area contributed by atoms with Crippen LogP contribution in [0.4, 0.5) is 14.6 Å². The Hall–Kier alpha value is -2.48. The number of ether oxygens (including phenoxy) is 2. The van der Waals surface area contributed by atoms with Crippen LogP contribution in [0.15, 0.2) is 29.1 Å². The van der Waals surface area contributed by atoms with E-state index < -0.39 is 17.3 Å². The van der Waals surface area contributed by atoms with E-state index in [4.69, 9.17) is 9.47 Å². The van der Waals surface area contributed by atoms with Crippen LogP contribution in [0, 0.1) is 11.6 Å². The standard InChI is InChI=1S/C16H15F2N3O3/c17-11-2-1-10(13(18)5-11)8-24-14-6-15-20-3-4-23-9-12(20)7-21(15)16(22)19-14/h1-2,5-6,12H,3-4,7-9H2. The highest BCUT2D eigenvalue weighted by Crippen LogP contribution is 2.28. The van der Waals surface area contributed by atoms with Gasteiger partial charge in [-0.2, -0.15) is 4.98 Å². The number of nitrogens with zero attached hydrogens (tertiary/aromatic N) is 3. The predicted octanol–water partition coefficient (Wildman–Crippen LogP) is 1.32. The van der Waals surface area contributed by atoms with E-state index in [9.17, 15) is 13.6 Å². The maximum atomic E-state index is 13.6. The zero-order valence-electron chi connectivity index (χ0n) is 12.7. The molecule has 2 aromatic rings. The van der Waals surface area contributed by atoms with Gasteiger partial charge >= 0.3 is 5.69 Å². The van der Waals surface area contributed by atoms with Crippen molar-refractivity contribution in [1.82, 2.24) is 9.55 Å². The summed E-state index contributed by atoms with van der Waals surface area (Å²) in [6.45, 7) is 2.27. The second kappa shape index (κ2) is 5.86. The molecule has 0 spiro atoms. The molecule has 0 amide bonds. The number of aromatic nitrogens is 2. The largest absolute Gasteiger partial charge is 0.472 e. The Morgan fingerprint density at radius 3 is 3.04 bits per heavy atom. The summed E-state index contributed by atoms with van der Waals surface area (Å²) in [4.78, 5) is 18.2. The Bertz CT molecular complexity index is 840. The van der Waals surface area contributed by atoms with Gasteiger partial charge in [0.1, 0.15) is 24.1 Å². The van der Waals surface area contributed by atoms with E-state index in [0.717, 1.165) is 18.0 Å². The summed E-state index contributed by atoms with van der Waals surface area (Å²) in [5, 5.41) is 0. The van der Waals surface area contributed by atoms with Gasteiger partial charge in [0.15, 0.2) is 0 Å². The summed E-state index contributed by atoms with van der Waals surface area (Å²) in [6.07, 6.45) is 0. The summed E-state index contributed by atoms with van der Waals surface area (Å²) in [6, 6.07) is 5.06. The molecule has 0 N–H and O–H groups in total. The highest BCUT2D eigenvalue weighted by atomic mass is 19.1. The van der Waals surface area contributed by atoms with Crippen molar-refractivity contribution in [2.24, 2.45) is 0 Å². The molecule has 24 heavy (non-hydrogen) atoms. The predicted molar refractivity (Wildman–Crippen MR) is 81.1 cm³/mol. The Morgan fingerprint density at radius 1 is 1.33 bits per heavy atom. The molecule has 1 aromatic carbocycles. The number of halogens is 2. The lowest BCUT2D eigenvalue weighted by atomic mass is 10.2. The number of anilines is 1. The fraction of sp³-hybridized carbons (Fsp3) is 0.375. The molecule has 0 bridgehead atoms. The molecule has 1 unspecified atom stereocenters. The summed E-state index contributed by atoms with van der Waals surface area (Å²) in [5.74, 6) is -0.482. The number of hydrogen-bond acceptors (Lipinski definition) is 5. The van der Waals surface area contributed by atoms with Gasteiger partial charge in [-0.05, 0) is 12.1 Å². The number of fused-ring (bicyclic) bond motifs is 3. The molecule has 8 heteroatoms. The van der Waals surface area contributed by atoms with Gasteiger partial charge in [0.25, 0.3) is 0 Å². The lowest BCUT2D eigenvalue weighted by molar-refractivity contribution is 0.0956. The van der Waals surface area contributed by atoms with Gasteiger partial charge in [0.2, 0.25) is 5.88 Å². The van der Waals surface area contributed by atoms with Gasteiger partial charge in [0, 0.05) is 24.2 Å². The van der Waals surface area contributed by atoms with Gasteiger partial charge in [-0.15, -0.1) is 0 Å². The topological polar surface area (TPSA) is 56.6 Å². The molecule has 1 atom stereocenters. The smallest absolute Gasteiger partial charge is 0.352 e. The first-order valence-electron chi connectivity index (χ1n) is 7.65. The van der Waals surface area contributed by atoms with Crippen LogP contribution in [0.2, 0.25) is 0 Å². The SMILES string of the molecule is O=c1nc(OCc2ccc(F)cc2F)cc2n1CC1COCCN21. The first-order valence-corrected chi connectivity index (χ1v) is 7.65. The third-order valence-corrected chi connectivity index (χ3v) is 4.27. The fourth-order valence-electron chi connectivity index (χ4n) is 3.07. The van der Waals surface area contributed by atoms with Gasteiger partial charge in [-0.3, -0.25) is 4.57 Å². The Balaban J connectivity index is 1.57. The van der Waals surface area contributed by atoms with Crippen LogP contribution >= 0.6 is 0 Å². The van der Waals surface area contributed by atoms with Crippen molar-refractivity contribution in [2.75, 3.05) is 24.7 Å². The molecule has 2 aliphatic rings. The lowest BCUT2D eigenvalue weighted by Gasteiger charge is -2.30. The molecular weight excluding hydrogens is 320 g/mol. The second-order valence-electron chi connectivity index (χ2n) is 5.79. The third kappa shape index (κ3) is 2.62. The second-order valence-corrected chi connectivity index (χ2v) is 5.79. The van der Waals surface area contributed by atoms with Gasteiger partial charge in [-0.25, -0.2) is 13.6 Å². The molecule has 2 aliphatic heterocycles. The van der Waals surface area contributed by atoms with E-state index in [1.165, 1.54) is 6.07 Å². The van der Waals surface area contributed by atoms with Crippen molar-refractivity contribution in [2.45, 2.75) is 19.2 Å². The minimum absolute atomic E-state index is 0.123. The number of benzene rings is 1. The highest BCUT2D eigenvalue weighted by Gasteiger charge is 2.33. The molecule has 4 rings (SSSR count). The zero-order chi connectivity index (χ0) is 16.7. The molecule has 0 radical (unpaired) electrons. The first kappa shape index (κ1) is 15.1. The Morgan fingerprint density at radius 2 is 2.21 bits per heavy atom. The van der Waals surface area contributed by atoms with Crippen LogP contribution in [0.1, 0.15) is 5.56 Å². The average molecular weight is 335 g/mol. The van der Waals surface area contributed by atoms with Crippen LogP contribution in [-0.4, -0.2) is 35.4 Å². The minimum atomic E-state index is -0.693. The van der Waals surface area contributed by atoms with Crippen molar-refractivity contribution in [3.63, 3.8) is 0 Å². The van der Waals surface area contributed by atoms with E-state index >= 15 is 0 Å². The van der Waals surface area contributed by atoms with E-state index in [0.29, 0.717) is 26.3 Å². The van der Waals surface area contributed by atoms with Crippen LogP contribution in [-0.2, 0) is 17.9 Å². The summed E-state index contributed by atoms with van der Waals surface area (Å²) >= 11 is 0. The monoisotopic (exact) mass is 335 g/mol. The van der Waals surface area contributed by atoms with E-state index in [2.05, 4.69) is 9.88 Å². The van der Waals surface area contributed by atoms with E-state index in [1.54, 1.807) is 10.6 Å². The van der Waals surface area contributed by atoms with Gasteiger partial charge in [-0.1, -0.05) is 0 Å². The maximum absolute atomic E-state index is 13.6. The van der Waals surface area contributed by atoms with Crippen molar-refractivity contribution in [3.05, 3.63) is 51.9 Å². The van der Waals surface area contributed by atoms with Crippen molar-refractivity contribution in [3.8, 4) is 5.88 Å². The molecule has 126 valence electrons. The fourth-order valence-corrected chi connectivity index (χ4v) is 3.07. The molecule has 1 aromatic heterocycles. The van der Waals surface area contributed by atoms with Crippen LogP contribution < -0.4 is 15.3 Å². The summed E-state index contributed by atoms with van der Waals surface area (Å²) in [7, 11) is 0. The minimum Gasteiger partial charge on any atom is -0.472 e. The average Bonchev–Trinajstić information content (AvgIpc) is 2.94. The Kier molecular flexibility index (Phi) is 3.68. The van der Waals surface area contributed by atoms with Crippen molar-refractivity contribution < 1.29 is 18.3 Å². The third-order valence-electron chi connectivity index (χ3n) is 4.27. The molecular formula is C16H15F2N3O3. The van der Waals surface area contributed by atoms with Crippen LogP contribution in [0.3, 0.4) is 0 Å².